The second-order valence-electron chi connectivity index (χ2n) is 5.40. The normalized spacial score (nSPS) is 11.8. The van der Waals surface area contributed by atoms with Gasteiger partial charge in [0.1, 0.15) is 11.0 Å². The summed E-state index contributed by atoms with van der Waals surface area (Å²) in [7, 11) is 3.58. The average molecular weight is 278 g/mol. The summed E-state index contributed by atoms with van der Waals surface area (Å²) in [6.07, 6.45) is 2.21. The largest absolute Gasteiger partial charge is 0.289 e. The van der Waals surface area contributed by atoms with Gasteiger partial charge in [-0.3, -0.25) is 19.6 Å². The van der Waals surface area contributed by atoms with E-state index in [9.17, 15) is 4.79 Å². The molecule has 0 aromatic carbocycles. The van der Waals surface area contributed by atoms with E-state index >= 15 is 0 Å². The lowest BCUT2D eigenvalue weighted by molar-refractivity contribution is -0.125. The maximum atomic E-state index is 11.7. The lowest BCUT2D eigenvalue weighted by atomic mass is 10.3. The molecule has 0 atom stereocenters. The molecule has 20 heavy (non-hydrogen) atoms. The molecule has 0 aliphatic carbocycles. The smallest absolute Gasteiger partial charge is 0.236 e. The number of fused-ring (bicyclic) bond motifs is 1. The summed E-state index contributed by atoms with van der Waals surface area (Å²) < 4.78 is 3.82. The minimum Gasteiger partial charge on any atom is -0.289 e. The van der Waals surface area contributed by atoms with Crippen LogP contribution in [0.4, 0.5) is 0 Å². The van der Waals surface area contributed by atoms with E-state index in [4.69, 9.17) is 0 Å². The van der Waals surface area contributed by atoms with E-state index in [1.807, 2.05) is 22.5 Å². The highest BCUT2D eigenvalue weighted by Crippen LogP contribution is 2.21. The van der Waals surface area contributed by atoms with E-state index in [0.717, 1.165) is 16.7 Å². The van der Waals surface area contributed by atoms with Gasteiger partial charge in [-0.25, -0.2) is 5.01 Å². The fraction of sp³-hybridized carbons (Fsp3) is 0.615. The van der Waals surface area contributed by atoms with Crippen molar-refractivity contribution in [2.24, 2.45) is 0 Å². The Kier molecular flexibility index (Phi) is 4.08. The molecule has 1 amide bonds. The molecule has 0 unspecified atom stereocenters. The van der Waals surface area contributed by atoms with Crippen LogP contribution in [0, 0.1) is 6.92 Å². The number of amides is 1. The molecule has 0 saturated heterocycles. The third-order valence-corrected chi connectivity index (χ3v) is 3.06. The molecule has 2 aromatic rings. The summed E-state index contributed by atoms with van der Waals surface area (Å²) in [6.45, 7) is 6.70. The van der Waals surface area contributed by atoms with Gasteiger partial charge in [0.05, 0.1) is 18.4 Å². The van der Waals surface area contributed by atoms with Crippen LogP contribution >= 0.6 is 0 Å². The van der Waals surface area contributed by atoms with E-state index in [0.29, 0.717) is 19.0 Å². The first-order valence-corrected chi connectivity index (χ1v) is 6.77. The summed E-state index contributed by atoms with van der Waals surface area (Å²) in [5, 5.41) is 10.5. The van der Waals surface area contributed by atoms with Gasteiger partial charge in [0, 0.05) is 26.6 Å². The van der Waals surface area contributed by atoms with Crippen LogP contribution in [0.3, 0.4) is 0 Å². The lowest BCUT2D eigenvalue weighted by Gasteiger charge is -2.11. The number of nitrogens with zero attached hydrogens (tertiary/aromatic N) is 5. The Labute approximate surface area is 118 Å². The molecule has 1 N–H and O–H groups in total. The van der Waals surface area contributed by atoms with E-state index in [1.165, 1.54) is 0 Å². The Morgan fingerprint density at radius 3 is 2.75 bits per heavy atom. The second kappa shape index (κ2) is 5.62. The van der Waals surface area contributed by atoms with Gasteiger partial charge in [-0.2, -0.15) is 10.2 Å². The first-order chi connectivity index (χ1) is 9.40. The molecule has 2 aromatic heterocycles. The zero-order valence-electron chi connectivity index (χ0n) is 12.7. The van der Waals surface area contributed by atoms with Gasteiger partial charge < -0.3 is 0 Å². The van der Waals surface area contributed by atoms with Crippen LogP contribution in [0.2, 0.25) is 0 Å². The fourth-order valence-corrected chi connectivity index (χ4v) is 2.25. The number of rotatable bonds is 5. The fourth-order valence-electron chi connectivity index (χ4n) is 2.25. The molecule has 7 heteroatoms. The van der Waals surface area contributed by atoms with Gasteiger partial charge in [-0.15, -0.1) is 0 Å². The van der Waals surface area contributed by atoms with E-state index < -0.39 is 0 Å². The highest BCUT2D eigenvalue weighted by molar-refractivity contribution is 5.78. The quantitative estimate of drug-likeness (QED) is 0.832. The third kappa shape index (κ3) is 2.82. The van der Waals surface area contributed by atoms with Crippen LogP contribution in [-0.2, 0) is 11.3 Å². The molecule has 0 fully saturated rings. The summed E-state index contributed by atoms with van der Waals surface area (Å²) in [4.78, 5) is 11.7. The van der Waals surface area contributed by atoms with Crippen molar-refractivity contribution in [2.45, 2.75) is 39.8 Å². The Hall–Kier alpha value is -1.89. The molecule has 0 saturated carbocycles. The number of hydrogen-bond donors (Lipinski definition) is 1. The van der Waals surface area contributed by atoms with Crippen LogP contribution in [0.15, 0.2) is 6.20 Å². The second-order valence-corrected chi connectivity index (χ2v) is 5.40. The first kappa shape index (κ1) is 14.5. The van der Waals surface area contributed by atoms with E-state index in [2.05, 4.69) is 29.5 Å². The molecule has 0 spiro atoms. The van der Waals surface area contributed by atoms with Crippen molar-refractivity contribution in [2.75, 3.05) is 14.1 Å². The number of hydrogen-bond acceptors (Lipinski definition) is 4. The van der Waals surface area contributed by atoms with Crippen LogP contribution in [0.1, 0.15) is 32.0 Å². The van der Waals surface area contributed by atoms with Gasteiger partial charge in [-0.1, -0.05) is 0 Å². The molecular weight excluding hydrogens is 256 g/mol. The number of carbonyl (C=O) groups is 1. The molecule has 2 rings (SSSR count). The highest BCUT2D eigenvalue weighted by atomic mass is 16.2. The van der Waals surface area contributed by atoms with Crippen LogP contribution < -0.4 is 5.43 Å². The van der Waals surface area contributed by atoms with Crippen LogP contribution in [-0.4, -0.2) is 44.6 Å². The van der Waals surface area contributed by atoms with Gasteiger partial charge in [0.25, 0.3) is 0 Å². The topological polar surface area (TPSA) is 68.0 Å². The van der Waals surface area contributed by atoms with Crippen molar-refractivity contribution in [1.29, 1.82) is 0 Å². The average Bonchev–Trinajstić information content (AvgIpc) is 2.87. The monoisotopic (exact) mass is 278 g/mol. The molecule has 2 heterocycles. The van der Waals surface area contributed by atoms with Crippen LogP contribution in [0.5, 0.6) is 0 Å². The standard InChI is InChI=1S/C13H22N6O/c1-9(2)19-11-8-14-18(13(11)10(3)15-19)7-6-12(20)16-17(4)5/h8-9H,6-7H2,1-5H3,(H,16,20). The predicted octanol–water partition coefficient (Wildman–Crippen LogP) is 1.11. The molecule has 0 bridgehead atoms. The maximum absolute atomic E-state index is 11.7. The Bertz CT molecular complexity index is 610. The summed E-state index contributed by atoms with van der Waals surface area (Å²) >= 11 is 0. The first-order valence-electron chi connectivity index (χ1n) is 6.77. The lowest BCUT2D eigenvalue weighted by Crippen LogP contribution is -2.36. The van der Waals surface area contributed by atoms with Crippen LogP contribution in [0.25, 0.3) is 11.0 Å². The van der Waals surface area contributed by atoms with Crippen molar-refractivity contribution < 1.29 is 4.79 Å². The van der Waals surface area contributed by atoms with E-state index in [1.54, 1.807) is 19.1 Å². The third-order valence-electron chi connectivity index (χ3n) is 3.06. The molecule has 0 radical (unpaired) electrons. The van der Waals surface area contributed by atoms with Crippen molar-refractivity contribution in [3.05, 3.63) is 11.9 Å². The summed E-state index contributed by atoms with van der Waals surface area (Å²) in [5.41, 5.74) is 5.70. The highest BCUT2D eigenvalue weighted by Gasteiger charge is 2.15. The van der Waals surface area contributed by atoms with Crippen molar-refractivity contribution >= 4 is 16.9 Å². The predicted molar refractivity (Wildman–Crippen MR) is 77.1 cm³/mol. The van der Waals surface area contributed by atoms with E-state index in [-0.39, 0.29) is 5.91 Å². The van der Waals surface area contributed by atoms with Crippen molar-refractivity contribution in [3.63, 3.8) is 0 Å². The van der Waals surface area contributed by atoms with Crippen molar-refractivity contribution in [3.8, 4) is 0 Å². The zero-order chi connectivity index (χ0) is 14.9. The number of aromatic nitrogens is 4. The minimum atomic E-state index is -0.0208. The van der Waals surface area contributed by atoms with Crippen molar-refractivity contribution in [1.82, 2.24) is 30.0 Å². The molecule has 110 valence electrons. The van der Waals surface area contributed by atoms with Gasteiger partial charge >= 0.3 is 0 Å². The van der Waals surface area contributed by atoms with Gasteiger partial charge in [0.2, 0.25) is 5.91 Å². The number of carbonyl (C=O) groups excluding carboxylic acids is 1. The van der Waals surface area contributed by atoms with Gasteiger partial charge in [0.15, 0.2) is 0 Å². The SMILES string of the molecule is Cc1nn(C(C)C)c2cnn(CCC(=O)NN(C)C)c12. The summed E-state index contributed by atoms with van der Waals surface area (Å²) in [6, 6.07) is 0.292. The summed E-state index contributed by atoms with van der Waals surface area (Å²) in [5.74, 6) is -0.0208. The Morgan fingerprint density at radius 2 is 2.15 bits per heavy atom. The maximum Gasteiger partial charge on any atom is 0.236 e. The Balaban J connectivity index is 2.17. The molecule has 0 aliphatic rings. The Morgan fingerprint density at radius 1 is 1.45 bits per heavy atom. The number of aryl methyl sites for hydroxylation is 2. The molecular formula is C13H22N6O. The number of hydrazine groups is 1. The minimum absolute atomic E-state index is 0.0208. The number of nitrogens with one attached hydrogen (secondary N) is 1. The molecule has 7 nitrogen and oxygen atoms in total. The molecule has 0 aliphatic heterocycles. The zero-order valence-corrected chi connectivity index (χ0v) is 12.7. The van der Waals surface area contributed by atoms with Gasteiger partial charge in [-0.05, 0) is 20.8 Å².